The van der Waals surface area contributed by atoms with Crippen molar-refractivity contribution in [1.82, 2.24) is 0 Å². The van der Waals surface area contributed by atoms with Crippen LogP contribution in [0.25, 0.3) is 0 Å². The van der Waals surface area contributed by atoms with E-state index in [2.05, 4.69) is 0 Å². The molecule has 0 radical (unpaired) electrons. The van der Waals surface area contributed by atoms with Gasteiger partial charge < -0.3 is 0 Å². The van der Waals surface area contributed by atoms with Crippen LogP contribution >= 0.6 is 0 Å². The van der Waals surface area contributed by atoms with Crippen LogP contribution < -0.4 is 0 Å². The van der Waals surface area contributed by atoms with E-state index >= 15 is 0 Å². The van der Waals surface area contributed by atoms with Crippen molar-refractivity contribution in [3.8, 4) is 0 Å². The zero-order valence-corrected chi connectivity index (χ0v) is 4.32. The lowest BCUT2D eigenvalue weighted by Crippen LogP contribution is -2.02. The third-order valence-electron chi connectivity index (χ3n) is 1.50. The number of hydrogen-bond acceptors (Lipinski definition) is 0. The van der Waals surface area contributed by atoms with E-state index in [4.69, 9.17) is 0 Å². The Hall–Kier alpha value is -0.850. The van der Waals surface area contributed by atoms with E-state index in [0.717, 1.165) is 12.0 Å². The quantitative estimate of drug-likeness (QED) is 0.482. The summed E-state index contributed by atoms with van der Waals surface area (Å²) >= 11 is 0. The second-order valence-corrected chi connectivity index (χ2v) is 2.10. The molecule has 2 aliphatic rings. The van der Waals surface area contributed by atoms with Gasteiger partial charge in [-0.3, -0.25) is 0 Å². The van der Waals surface area contributed by atoms with Gasteiger partial charge in [0.2, 0.25) is 0 Å². The fraction of sp³-hybridized carbons (Fsp3) is 0.143. The highest BCUT2D eigenvalue weighted by Crippen LogP contribution is 2.23. The molecule has 0 atom stereocenters. The summed E-state index contributed by atoms with van der Waals surface area (Å²) in [6.45, 7) is 0. The van der Waals surface area contributed by atoms with Crippen LogP contribution in [0.4, 0.5) is 4.39 Å². The molecule has 0 heterocycles. The Labute approximate surface area is 47.0 Å². The fourth-order valence-corrected chi connectivity index (χ4v) is 0.962. The Bertz CT molecular complexity index is 219. The average molecular weight is 108 g/mol. The molecule has 0 saturated carbocycles. The Morgan fingerprint density at radius 3 is 2.38 bits per heavy atom. The summed E-state index contributed by atoms with van der Waals surface area (Å²) in [7, 11) is 0. The van der Waals surface area contributed by atoms with Crippen LogP contribution in [-0.4, -0.2) is 0 Å². The van der Waals surface area contributed by atoms with Crippen LogP contribution in [0.1, 0.15) is 11.1 Å². The first-order valence-electron chi connectivity index (χ1n) is 2.63. The van der Waals surface area contributed by atoms with Gasteiger partial charge in [0.25, 0.3) is 0 Å². The molecular formula is C7H5F. The predicted molar refractivity (Wildman–Crippen MR) is 29.2 cm³/mol. The number of rotatable bonds is 0. The van der Waals surface area contributed by atoms with Crippen molar-refractivity contribution in [3.63, 3.8) is 0 Å². The molecule has 0 N–H and O–H groups in total. The molecule has 8 heavy (non-hydrogen) atoms. The lowest BCUT2D eigenvalue weighted by Gasteiger charge is -2.13. The molecule has 2 bridgehead atoms. The van der Waals surface area contributed by atoms with Crippen LogP contribution in [0.3, 0.4) is 0 Å². The van der Waals surface area contributed by atoms with Crippen LogP contribution in [0.5, 0.6) is 0 Å². The number of hydrogen-bond donors (Lipinski definition) is 0. The highest BCUT2D eigenvalue weighted by Gasteiger charge is 2.11. The van der Waals surface area contributed by atoms with Gasteiger partial charge in [-0.05, 0) is 17.2 Å². The lowest BCUT2D eigenvalue weighted by atomic mass is 9.93. The number of fused-ring (bicyclic) bond motifs is 2. The van der Waals surface area contributed by atoms with Gasteiger partial charge in [-0.15, -0.1) is 0 Å². The molecule has 0 spiro atoms. The van der Waals surface area contributed by atoms with E-state index in [1.54, 1.807) is 0 Å². The molecular weight excluding hydrogens is 103 g/mol. The average Bonchev–Trinajstić information content (AvgIpc) is 1.62. The zero-order chi connectivity index (χ0) is 5.56. The molecule has 0 amide bonds. The summed E-state index contributed by atoms with van der Waals surface area (Å²) in [5, 5.41) is 0. The monoisotopic (exact) mass is 108 g/mol. The van der Waals surface area contributed by atoms with Crippen LogP contribution in [0.2, 0.25) is 0 Å². The van der Waals surface area contributed by atoms with E-state index in [1.807, 2.05) is 12.1 Å². The number of halogens is 1. The van der Waals surface area contributed by atoms with Gasteiger partial charge in [0, 0.05) is 6.42 Å². The van der Waals surface area contributed by atoms with Crippen molar-refractivity contribution < 1.29 is 4.39 Å². The first-order chi connectivity index (χ1) is 3.86. The maximum Gasteiger partial charge on any atom is 0.126 e. The summed E-state index contributed by atoms with van der Waals surface area (Å²) in [6, 6.07) is 5.23. The topological polar surface area (TPSA) is 0 Å². The summed E-state index contributed by atoms with van der Waals surface area (Å²) in [4.78, 5) is 0. The van der Waals surface area contributed by atoms with Gasteiger partial charge in [0.05, 0.1) is 0 Å². The Balaban J connectivity index is 2.72. The smallest absolute Gasteiger partial charge is 0.126 e. The summed E-state index contributed by atoms with van der Waals surface area (Å²) in [5.74, 6) is -0.0556. The molecule has 0 nitrogen and oxygen atoms in total. The van der Waals surface area contributed by atoms with E-state index in [9.17, 15) is 4.39 Å². The molecule has 2 aliphatic carbocycles. The van der Waals surface area contributed by atoms with E-state index < -0.39 is 0 Å². The van der Waals surface area contributed by atoms with Crippen LogP contribution in [-0.2, 0) is 6.42 Å². The fourth-order valence-electron chi connectivity index (χ4n) is 0.962. The SMILES string of the molecule is Fc1ccc2cc1C2. The largest absolute Gasteiger partial charge is 0.207 e. The van der Waals surface area contributed by atoms with Gasteiger partial charge >= 0.3 is 0 Å². The first kappa shape index (κ1) is 4.07. The molecule has 1 heteroatoms. The van der Waals surface area contributed by atoms with Crippen molar-refractivity contribution in [3.05, 3.63) is 35.1 Å². The van der Waals surface area contributed by atoms with Crippen LogP contribution in [0.15, 0.2) is 18.2 Å². The third kappa shape index (κ3) is 0.340. The lowest BCUT2D eigenvalue weighted by molar-refractivity contribution is 0.605. The predicted octanol–water partition coefficient (Wildman–Crippen LogP) is 1.73. The first-order valence-corrected chi connectivity index (χ1v) is 2.63. The molecule has 1 aromatic carbocycles. The second kappa shape index (κ2) is 1.10. The summed E-state index contributed by atoms with van der Waals surface area (Å²) in [5.41, 5.74) is 2.11. The van der Waals surface area contributed by atoms with E-state index in [0.29, 0.717) is 0 Å². The highest BCUT2D eigenvalue weighted by molar-refractivity contribution is 5.38. The van der Waals surface area contributed by atoms with Crippen LogP contribution in [0, 0.1) is 5.82 Å². The van der Waals surface area contributed by atoms with Gasteiger partial charge in [-0.1, -0.05) is 12.1 Å². The van der Waals surface area contributed by atoms with E-state index in [-0.39, 0.29) is 5.82 Å². The van der Waals surface area contributed by atoms with E-state index in [1.165, 1.54) is 11.6 Å². The maximum atomic E-state index is 12.4. The number of benzene rings is 1. The minimum absolute atomic E-state index is 0.0556. The molecule has 0 fully saturated rings. The third-order valence-corrected chi connectivity index (χ3v) is 1.50. The molecule has 0 aromatic heterocycles. The molecule has 0 saturated heterocycles. The Morgan fingerprint density at radius 1 is 1.38 bits per heavy atom. The van der Waals surface area contributed by atoms with Crippen molar-refractivity contribution in [1.29, 1.82) is 0 Å². The van der Waals surface area contributed by atoms with Gasteiger partial charge in [-0.25, -0.2) is 4.39 Å². The van der Waals surface area contributed by atoms with Gasteiger partial charge in [0.1, 0.15) is 5.82 Å². The summed E-state index contributed by atoms with van der Waals surface area (Å²) in [6.07, 6.45) is 0.850. The van der Waals surface area contributed by atoms with Gasteiger partial charge in [0.15, 0.2) is 0 Å². The minimum atomic E-state index is -0.0556. The zero-order valence-electron chi connectivity index (χ0n) is 4.32. The maximum absolute atomic E-state index is 12.4. The molecule has 0 aliphatic heterocycles. The minimum Gasteiger partial charge on any atom is -0.207 e. The van der Waals surface area contributed by atoms with Gasteiger partial charge in [-0.2, -0.15) is 0 Å². The van der Waals surface area contributed by atoms with Crippen molar-refractivity contribution in [2.45, 2.75) is 6.42 Å². The molecule has 0 unspecified atom stereocenters. The Kier molecular flexibility index (Phi) is 0.562. The molecule has 1 aromatic rings. The van der Waals surface area contributed by atoms with Crippen molar-refractivity contribution in [2.75, 3.05) is 0 Å². The Morgan fingerprint density at radius 2 is 2.12 bits per heavy atom. The molecule has 3 rings (SSSR count). The van der Waals surface area contributed by atoms with Crippen molar-refractivity contribution >= 4 is 0 Å². The van der Waals surface area contributed by atoms with Crippen molar-refractivity contribution in [2.24, 2.45) is 0 Å². The standard InChI is InChI=1S/C7H5F/c8-7-2-1-5-3-6(7)4-5/h1-3H,4H2. The highest BCUT2D eigenvalue weighted by atomic mass is 19.1. The normalized spacial score (nSPS) is 13.1. The molecule has 40 valence electrons. The summed E-state index contributed by atoms with van der Waals surface area (Å²) < 4.78 is 12.4. The second-order valence-electron chi connectivity index (χ2n) is 2.10.